The number of nitrogens with one attached hydrogen (secondary N) is 1. The van der Waals surface area contributed by atoms with Crippen LogP contribution in [0.2, 0.25) is 0 Å². The fraction of sp³-hybridized carbons (Fsp3) is 0.235. The van der Waals surface area contributed by atoms with Gasteiger partial charge in [0.1, 0.15) is 12.1 Å². The van der Waals surface area contributed by atoms with Gasteiger partial charge in [-0.25, -0.2) is 0 Å². The van der Waals surface area contributed by atoms with Crippen LogP contribution < -0.4 is 5.32 Å². The van der Waals surface area contributed by atoms with Gasteiger partial charge in [-0.2, -0.15) is 0 Å². The van der Waals surface area contributed by atoms with Crippen molar-refractivity contribution >= 4 is 17.7 Å². The van der Waals surface area contributed by atoms with E-state index < -0.39 is 0 Å². The van der Waals surface area contributed by atoms with Gasteiger partial charge in [-0.15, -0.1) is 22.0 Å². The first kappa shape index (κ1) is 16.3. The maximum absolute atomic E-state index is 12.3. The van der Waals surface area contributed by atoms with E-state index in [1.165, 1.54) is 0 Å². The van der Waals surface area contributed by atoms with Gasteiger partial charge in [-0.05, 0) is 31.2 Å². The van der Waals surface area contributed by atoms with Crippen LogP contribution in [0.4, 0.5) is 0 Å². The molecular formula is C17H18N4O2S. The number of thioether (sulfide) groups is 1. The summed E-state index contributed by atoms with van der Waals surface area (Å²) >= 11 is 1.67. The molecule has 1 N–H and O–H groups in total. The highest BCUT2D eigenvalue weighted by molar-refractivity contribution is 7.98. The second-order valence-corrected chi connectivity index (χ2v) is 6.41. The van der Waals surface area contributed by atoms with Gasteiger partial charge < -0.3 is 14.3 Å². The lowest BCUT2D eigenvalue weighted by molar-refractivity contribution is 0.0908. The zero-order valence-electron chi connectivity index (χ0n) is 13.5. The average Bonchev–Trinajstić information content (AvgIpc) is 3.23. The summed E-state index contributed by atoms with van der Waals surface area (Å²) in [4.78, 5) is 13.4. The molecule has 0 radical (unpaired) electrons. The second kappa shape index (κ2) is 7.35. The highest BCUT2D eigenvalue weighted by Gasteiger charge is 2.18. The molecule has 2 aromatic heterocycles. The lowest BCUT2D eigenvalue weighted by Crippen LogP contribution is -2.28. The minimum Gasteiger partial charge on any atom is -0.455 e. The maximum Gasteiger partial charge on any atom is 0.287 e. The van der Waals surface area contributed by atoms with Crippen molar-refractivity contribution in [2.75, 3.05) is 0 Å². The van der Waals surface area contributed by atoms with Crippen LogP contribution in [0.1, 0.15) is 35.1 Å². The van der Waals surface area contributed by atoms with Crippen LogP contribution in [0, 0.1) is 0 Å². The number of furan rings is 1. The zero-order chi connectivity index (χ0) is 16.9. The molecule has 0 fully saturated rings. The first-order chi connectivity index (χ1) is 11.6. The van der Waals surface area contributed by atoms with Crippen LogP contribution in [0.3, 0.4) is 0 Å². The predicted molar refractivity (Wildman–Crippen MR) is 91.6 cm³/mol. The van der Waals surface area contributed by atoms with Crippen molar-refractivity contribution in [3.63, 3.8) is 0 Å². The molecule has 0 aliphatic rings. The van der Waals surface area contributed by atoms with Gasteiger partial charge in [0.25, 0.3) is 5.91 Å². The van der Waals surface area contributed by atoms with Crippen molar-refractivity contribution in [3.05, 3.63) is 66.1 Å². The van der Waals surface area contributed by atoms with E-state index in [9.17, 15) is 4.79 Å². The normalized spacial score (nSPS) is 12.1. The van der Waals surface area contributed by atoms with E-state index in [1.807, 2.05) is 50.4 Å². The fourth-order valence-electron chi connectivity index (χ4n) is 2.27. The van der Waals surface area contributed by atoms with Gasteiger partial charge in [-0.1, -0.05) is 18.2 Å². The molecule has 0 aliphatic carbocycles. The Morgan fingerprint density at radius 3 is 2.79 bits per heavy atom. The van der Waals surface area contributed by atoms with Crippen LogP contribution in [0.15, 0.2) is 58.1 Å². The first-order valence-corrected chi connectivity index (χ1v) is 8.53. The third-order valence-electron chi connectivity index (χ3n) is 3.49. The standard InChI is InChI=1S/C17H18N4O2S/c1-12(16-20-18-11-21(16)2)19-17(22)15-9-8-13(23-15)10-24-14-6-4-3-5-7-14/h3-9,11-12H,10H2,1-2H3,(H,19,22). The Bertz CT molecular complexity index is 813. The lowest BCUT2D eigenvalue weighted by atomic mass is 10.3. The highest BCUT2D eigenvalue weighted by atomic mass is 32.2. The van der Waals surface area contributed by atoms with E-state index in [-0.39, 0.29) is 11.9 Å². The summed E-state index contributed by atoms with van der Waals surface area (Å²) < 4.78 is 7.41. The third kappa shape index (κ3) is 3.86. The van der Waals surface area contributed by atoms with Crippen molar-refractivity contribution in [1.82, 2.24) is 20.1 Å². The average molecular weight is 342 g/mol. The van der Waals surface area contributed by atoms with Crippen LogP contribution in [0.25, 0.3) is 0 Å². The summed E-state index contributed by atoms with van der Waals surface area (Å²) in [6.45, 7) is 1.86. The number of amides is 1. The molecule has 24 heavy (non-hydrogen) atoms. The Balaban J connectivity index is 1.58. The zero-order valence-corrected chi connectivity index (χ0v) is 14.3. The Morgan fingerprint density at radius 1 is 1.29 bits per heavy atom. The molecule has 0 aliphatic heterocycles. The molecule has 1 unspecified atom stereocenters. The van der Waals surface area contributed by atoms with Crippen LogP contribution in [0.5, 0.6) is 0 Å². The van der Waals surface area contributed by atoms with E-state index in [4.69, 9.17) is 4.42 Å². The summed E-state index contributed by atoms with van der Waals surface area (Å²) in [5, 5.41) is 10.7. The monoisotopic (exact) mass is 342 g/mol. The molecule has 124 valence electrons. The molecule has 7 heteroatoms. The van der Waals surface area contributed by atoms with Gasteiger partial charge in [0.15, 0.2) is 11.6 Å². The number of aryl methyl sites for hydroxylation is 1. The first-order valence-electron chi connectivity index (χ1n) is 7.55. The number of carbonyl (C=O) groups is 1. The molecule has 1 atom stereocenters. The Hall–Kier alpha value is -2.54. The number of benzene rings is 1. The fourth-order valence-corrected chi connectivity index (χ4v) is 3.08. The van der Waals surface area contributed by atoms with Crippen LogP contribution >= 0.6 is 11.8 Å². The van der Waals surface area contributed by atoms with Crippen molar-refractivity contribution in [1.29, 1.82) is 0 Å². The van der Waals surface area contributed by atoms with Gasteiger partial charge in [0.2, 0.25) is 0 Å². The van der Waals surface area contributed by atoms with Crippen LogP contribution in [-0.2, 0) is 12.8 Å². The minimum absolute atomic E-state index is 0.253. The summed E-state index contributed by atoms with van der Waals surface area (Å²) in [5.74, 6) is 2.17. The number of rotatable bonds is 6. The van der Waals surface area contributed by atoms with Gasteiger partial charge in [0.05, 0.1) is 11.8 Å². The topological polar surface area (TPSA) is 73.0 Å². The largest absolute Gasteiger partial charge is 0.455 e. The number of aromatic nitrogens is 3. The molecule has 3 rings (SSSR count). The third-order valence-corrected chi connectivity index (χ3v) is 4.53. The summed E-state index contributed by atoms with van der Waals surface area (Å²) in [5.41, 5.74) is 0. The quantitative estimate of drug-likeness (QED) is 0.697. The van der Waals surface area contributed by atoms with Crippen LogP contribution in [-0.4, -0.2) is 20.7 Å². The minimum atomic E-state index is -0.263. The Kier molecular flexibility index (Phi) is 5.00. The molecular weight excluding hydrogens is 324 g/mol. The Morgan fingerprint density at radius 2 is 2.08 bits per heavy atom. The summed E-state index contributed by atoms with van der Waals surface area (Å²) in [6.07, 6.45) is 1.60. The van der Waals surface area contributed by atoms with Gasteiger partial charge in [0, 0.05) is 11.9 Å². The molecule has 0 spiro atoms. The molecule has 2 heterocycles. The van der Waals surface area contributed by atoms with E-state index in [0.717, 1.165) is 10.7 Å². The maximum atomic E-state index is 12.3. The summed E-state index contributed by atoms with van der Waals surface area (Å²) in [7, 11) is 1.84. The molecule has 3 aromatic rings. The lowest BCUT2D eigenvalue weighted by Gasteiger charge is -2.11. The van der Waals surface area contributed by atoms with E-state index in [0.29, 0.717) is 17.3 Å². The number of nitrogens with zero attached hydrogens (tertiary/aromatic N) is 3. The van der Waals surface area contributed by atoms with Crippen molar-refractivity contribution in [2.24, 2.45) is 7.05 Å². The summed E-state index contributed by atoms with van der Waals surface area (Å²) in [6, 6.07) is 13.3. The van der Waals surface area contributed by atoms with Crippen molar-refractivity contribution in [2.45, 2.75) is 23.6 Å². The molecule has 6 nitrogen and oxygen atoms in total. The molecule has 0 saturated carbocycles. The Labute approximate surface area is 144 Å². The second-order valence-electron chi connectivity index (χ2n) is 5.36. The van der Waals surface area contributed by atoms with Crippen molar-refractivity contribution in [3.8, 4) is 0 Å². The SMILES string of the molecule is CC(NC(=O)c1ccc(CSc2ccccc2)o1)c1nncn1C. The van der Waals surface area contributed by atoms with E-state index in [2.05, 4.69) is 15.5 Å². The number of carbonyl (C=O) groups excluding carboxylic acids is 1. The van der Waals surface area contributed by atoms with Gasteiger partial charge >= 0.3 is 0 Å². The molecule has 0 saturated heterocycles. The predicted octanol–water partition coefficient (Wildman–Crippen LogP) is 3.19. The van der Waals surface area contributed by atoms with Crippen molar-refractivity contribution < 1.29 is 9.21 Å². The molecule has 1 amide bonds. The molecule has 1 aromatic carbocycles. The van der Waals surface area contributed by atoms with Gasteiger partial charge in [-0.3, -0.25) is 4.79 Å². The number of hydrogen-bond acceptors (Lipinski definition) is 5. The molecule has 0 bridgehead atoms. The highest BCUT2D eigenvalue weighted by Crippen LogP contribution is 2.23. The smallest absolute Gasteiger partial charge is 0.287 e. The van der Waals surface area contributed by atoms with E-state index >= 15 is 0 Å². The van der Waals surface area contributed by atoms with E-state index in [1.54, 1.807) is 28.7 Å². The number of hydrogen-bond donors (Lipinski definition) is 1.